The van der Waals surface area contributed by atoms with E-state index in [4.69, 9.17) is 0 Å². The summed E-state index contributed by atoms with van der Waals surface area (Å²) in [7, 11) is 0. The minimum absolute atomic E-state index is 0.863. The van der Waals surface area contributed by atoms with Crippen molar-refractivity contribution >= 4 is 17.5 Å². The Balaban J connectivity index is 2.22. The molecule has 0 aliphatic carbocycles. The molecule has 2 heterocycles. The summed E-state index contributed by atoms with van der Waals surface area (Å²) in [5, 5.41) is 7.51. The van der Waals surface area contributed by atoms with Gasteiger partial charge in [-0.2, -0.15) is 13.8 Å². The van der Waals surface area contributed by atoms with E-state index in [0.717, 1.165) is 36.6 Å². The highest BCUT2D eigenvalue weighted by Gasteiger charge is 2.11. The molecule has 86 valence electrons. The number of hydrogen-bond donors (Lipinski definition) is 1. The molecule has 0 saturated heterocycles. The van der Waals surface area contributed by atoms with Crippen LogP contribution >= 0.6 is 11.7 Å². The lowest BCUT2D eigenvalue weighted by Crippen LogP contribution is -2.00. The van der Waals surface area contributed by atoms with E-state index in [0.29, 0.717) is 0 Å². The number of aryl methyl sites for hydroxylation is 1. The first-order chi connectivity index (χ1) is 7.85. The fraction of sp³-hybridized carbons (Fsp3) is 0.500. The van der Waals surface area contributed by atoms with Gasteiger partial charge in [0, 0.05) is 24.8 Å². The van der Waals surface area contributed by atoms with Gasteiger partial charge < -0.3 is 5.32 Å². The highest BCUT2D eigenvalue weighted by Crippen LogP contribution is 2.25. The van der Waals surface area contributed by atoms with Gasteiger partial charge in [-0.3, -0.25) is 4.68 Å². The number of rotatable bonds is 5. The highest BCUT2D eigenvalue weighted by molar-refractivity contribution is 6.99. The van der Waals surface area contributed by atoms with Crippen LogP contribution in [-0.4, -0.2) is 25.1 Å². The van der Waals surface area contributed by atoms with Gasteiger partial charge in [0.2, 0.25) is 0 Å². The molecule has 2 aromatic heterocycles. The van der Waals surface area contributed by atoms with Gasteiger partial charge in [-0.05, 0) is 13.3 Å². The van der Waals surface area contributed by atoms with Gasteiger partial charge in [-0.1, -0.05) is 6.92 Å². The van der Waals surface area contributed by atoms with E-state index in [2.05, 4.69) is 33.0 Å². The zero-order chi connectivity index (χ0) is 11.4. The normalized spacial score (nSPS) is 10.6. The Kier molecular flexibility index (Phi) is 3.51. The second-order valence-corrected chi connectivity index (χ2v) is 4.00. The standard InChI is InChI=1S/C10H15N5S/c1-3-5-11-10-9(13-16-14-10)8-6-12-15(4-2)7-8/h6-7H,3-5H2,1-2H3,(H,11,14). The molecule has 16 heavy (non-hydrogen) atoms. The maximum absolute atomic E-state index is 4.30. The van der Waals surface area contributed by atoms with Crippen LogP contribution in [0.2, 0.25) is 0 Å². The Morgan fingerprint density at radius 3 is 2.94 bits per heavy atom. The molecule has 0 spiro atoms. The van der Waals surface area contributed by atoms with Crippen LogP contribution in [-0.2, 0) is 6.54 Å². The van der Waals surface area contributed by atoms with E-state index < -0.39 is 0 Å². The Bertz CT molecular complexity index is 448. The predicted molar refractivity (Wildman–Crippen MR) is 65.6 cm³/mol. The second-order valence-electron chi connectivity index (χ2n) is 3.47. The third-order valence-electron chi connectivity index (χ3n) is 2.26. The Hall–Kier alpha value is -1.43. The Morgan fingerprint density at radius 1 is 1.38 bits per heavy atom. The molecular formula is C10H15N5S. The summed E-state index contributed by atoms with van der Waals surface area (Å²) < 4.78 is 10.4. The molecule has 0 atom stereocenters. The maximum atomic E-state index is 4.30. The molecule has 0 aliphatic heterocycles. The average molecular weight is 237 g/mol. The SMILES string of the molecule is CCCNc1nsnc1-c1cnn(CC)c1. The van der Waals surface area contributed by atoms with Crippen LogP contribution in [0.25, 0.3) is 11.3 Å². The predicted octanol–water partition coefficient (Wildman–Crippen LogP) is 2.24. The van der Waals surface area contributed by atoms with E-state index in [9.17, 15) is 0 Å². The van der Waals surface area contributed by atoms with Crippen LogP contribution in [0.5, 0.6) is 0 Å². The summed E-state index contributed by atoms with van der Waals surface area (Å²) in [6, 6.07) is 0. The van der Waals surface area contributed by atoms with Gasteiger partial charge in [-0.25, -0.2) is 0 Å². The van der Waals surface area contributed by atoms with E-state index in [1.54, 1.807) is 0 Å². The fourth-order valence-electron chi connectivity index (χ4n) is 1.40. The minimum Gasteiger partial charge on any atom is -0.367 e. The molecule has 0 aliphatic rings. The summed E-state index contributed by atoms with van der Waals surface area (Å²) in [5.41, 5.74) is 1.92. The Labute approximate surface area is 98.8 Å². The topological polar surface area (TPSA) is 55.6 Å². The minimum atomic E-state index is 0.863. The molecule has 6 heteroatoms. The molecule has 0 aromatic carbocycles. The van der Waals surface area contributed by atoms with E-state index >= 15 is 0 Å². The molecule has 0 bridgehead atoms. The first-order valence-electron chi connectivity index (χ1n) is 5.44. The first-order valence-corrected chi connectivity index (χ1v) is 6.17. The fourth-order valence-corrected chi connectivity index (χ4v) is 1.94. The van der Waals surface area contributed by atoms with Crippen LogP contribution < -0.4 is 5.32 Å². The van der Waals surface area contributed by atoms with Crippen LogP contribution in [0.1, 0.15) is 20.3 Å². The van der Waals surface area contributed by atoms with E-state index in [1.165, 1.54) is 11.7 Å². The lowest BCUT2D eigenvalue weighted by atomic mass is 10.2. The average Bonchev–Trinajstić information content (AvgIpc) is 2.94. The lowest BCUT2D eigenvalue weighted by molar-refractivity contribution is 0.660. The van der Waals surface area contributed by atoms with Crippen molar-refractivity contribution in [2.45, 2.75) is 26.8 Å². The zero-order valence-electron chi connectivity index (χ0n) is 9.47. The van der Waals surface area contributed by atoms with Gasteiger partial charge in [0.1, 0.15) is 5.69 Å². The lowest BCUT2D eigenvalue weighted by Gasteiger charge is -2.00. The molecular weight excluding hydrogens is 222 g/mol. The van der Waals surface area contributed by atoms with E-state index in [-0.39, 0.29) is 0 Å². The van der Waals surface area contributed by atoms with Crippen molar-refractivity contribution in [2.24, 2.45) is 0 Å². The van der Waals surface area contributed by atoms with E-state index in [1.807, 2.05) is 17.1 Å². The molecule has 1 N–H and O–H groups in total. The van der Waals surface area contributed by atoms with Crippen molar-refractivity contribution in [1.29, 1.82) is 0 Å². The summed E-state index contributed by atoms with van der Waals surface area (Å²) in [6.07, 6.45) is 4.90. The Morgan fingerprint density at radius 2 is 2.25 bits per heavy atom. The number of anilines is 1. The van der Waals surface area contributed by atoms with Gasteiger partial charge >= 0.3 is 0 Å². The molecule has 0 radical (unpaired) electrons. The van der Waals surface area contributed by atoms with Gasteiger partial charge in [0.05, 0.1) is 17.9 Å². The molecule has 5 nitrogen and oxygen atoms in total. The molecule has 0 saturated carbocycles. The van der Waals surface area contributed by atoms with Crippen molar-refractivity contribution in [3.8, 4) is 11.3 Å². The number of hydrogen-bond acceptors (Lipinski definition) is 5. The van der Waals surface area contributed by atoms with Crippen molar-refractivity contribution in [1.82, 2.24) is 18.5 Å². The summed E-state index contributed by atoms with van der Waals surface area (Å²) in [4.78, 5) is 0. The van der Waals surface area contributed by atoms with Gasteiger partial charge in [0.25, 0.3) is 0 Å². The van der Waals surface area contributed by atoms with Gasteiger partial charge in [0.15, 0.2) is 5.82 Å². The number of nitrogens with one attached hydrogen (secondary N) is 1. The second kappa shape index (κ2) is 5.07. The van der Waals surface area contributed by atoms with Crippen molar-refractivity contribution in [3.63, 3.8) is 0 Å². The molecule has 0 amide bonds. The summed E-state index contributed by atoms with van der Waals surface area (Å²) in [6.45, 7) is 5.98. The number of aromatic nitrogens is 4. The zero-order valence-corrected chi connectivity index (χ0v) is 10.3. The van der Waals surface area contributed by atoms with Gasteiger partial charge in [-0.15, -0.1) is 0 Å². The van der Waals surface area contributed by atoms with Crippen molar-refractivity contribution in [2.75, 3.05) is 11.9 Å². The van der Waals surface area contributed by atoms with Crippen LogP contribution in [0.4, 0.5) is 5.82 Å². The third kappa shape index (κ3) is 2.21. The van der Waals surface area contributed by atoms with Crippen molar-refractivity contribution < 1.29 is 0 Å². The van der Waals surface area contributed by atoms with Crippen LogP contribution in [0.3, 0.4) is 0 Å². The monoisotopic (exact) mass is 237 g/mol. The smallest absolute Gasteiger partial charge is 0.168 e. The van der Waals surface area contributed by atoms with Crippen LogP contribution in [0.15, 0.2) is 12.4 Å². The number of nitrogens with zero attached hydrogens (tertiary/aromatic N) is 4. The highest BCUT2D eigenvalue weighted by atomic mass is 32.1. The molecule has 2 rings (SSSR count). The largest absolute Gasteiger partial charge is 0.367 e. The maximum Gasteiger partial charge on any atom is 0.168 e. The molecule has 0 unspecified atom stereocenters. The molecule has 2 aromatic rings. The summed E-state index contributed by atoms with van der Waals surface area (Å²) in [5.74, 6) is 0.863. The third-order valence-corrected chi connectivity index (χ3v) is 2.79. The first kappa shape index (κ1) is 11.1. The molecule has 0 fully saturated rings. The summed E-state index contributed by atoms with van der Waals surface area (Å²) >= 11 is 1.23. The quantitative estimate of drug-likeness (QED) is 0.866. The van der Waals surface area contributed by atoms with Crippen LogP contribution in [0, 0.1) is 0 Å². The van der Waals surface area contributed by atoms with Crippen molar-refractivity contribution in [3.05, 3.63) is 12.4 Å².